The third-order valence-electron chi connectivity index (χ3n) is 7.19. The van der Waals surface area contributed by atoms with Crippen LogP contribution in [0.4, 0.5) is 11.4 Å². The first-order valence-corrected chi connectivity index (χ1v) is 16.1. The minimum absolute atomic E-state index is 0. The molecule has 295 valence electrons. The van der Waals surface area contributed by atoms with Crippen molar-refractivity contribution in [3.63, 3.8) is 0 Å². The molecule has 0 spiro atoms. The van der Waals surface area contributed by atoms with Crippen LogP contribution in [0.3, 0.4) is 0 Å². The molecule has 0 unspecified atom stereocenters. The van der Waals surface area contributed by atoms with Gasteiger partial charge in [-0.1, -0.05) is 109 Å². The molecule has 2 N–H and O–H groups in total. The van der Waals surface area contributed by atoms with E-state index in [-0.39, 0.29) is 52.6 Å². The number of aromatic nitrogens is 15. The summed E-state index contributed by atoms with van der Waals surface area (Å²) in [5, 5.41) is 54.4. The van der Waals surface area contributed by atoms with Crippen molar-refractivity contribution in [1.29, 1.82) is 0 Å². The standard InChI is InChI=1S/2C6H5N3.4C6H4N3.3Cu/c6*1-2-4-6-5(3-1)7-9-8-6;;;/h1-4H,(H,7,8,9);1-4,9H;4*1-4H;;;/q;-2;4*-1;;2*+2/p+1. The second-order valence-electron chi connectivity index (χ2n) is 10.7. The van der Waals surface area contributed by atoms with Crippen molar-refractivity contribution in [2.75, 3.05) is 0 Å². The zero-order valence-electron chi connectivity index (χ0n) is 29.9. The molecule has 0 aliphatic carbocycles. The van der Waals surface area contributed by atoms with Crippen LogP contribution in [-0.2, 0) is 51.2 Å². The summed E-state index contributed by atoms with van der Waals surface area (Å²) in [4.78, 5) is 0. The number of para-hydroxylation sites is 4. The minimum Gasteiger partial charge on any atom is -0.639 e. The summed E-state index contributed by atoms with van der Waals surface area (Å²) in [6, 6.07) is 45.8. The molecule has 57 heavy (non-hydrogen) atoms. The van der Waals surface area contributed by atoms with E-state index in [4.69, 9.17) is 0 Å². The van der Waals surface area contributed by atoms with Gasteiger partial charge in [-0.25, -0.2) is 0 Å². The molecule has 1 aliphatic rings. The van der Waals surface area contributed by atoms with Crippen LogP contribution in [0.2, 0.25) is 0 Å². The number of H-pyrrole nitrogens is 1. The molecule has 12 rings (SSSR count). The molecule has 3 radical (unpaired) electrons. The van der Waals surface area contributed by atoms with Crippen molar-refractivity contribution < 1.29 is 52.6 Å². The Balaban J connectivity index is 0.000000184. The van der Waals surface area contributed by atoms with Crippen molar-refractivity contribution in [2.24, 2.45) is 0 Å². The Morgan fingerprint density at radius 1 is 0.386 bits per heavy atom. The van der Waals surface area contributed by atoms with Gasteiger partial charge >= 0.3 is 35.6 Å². The summed E-state index contributed by atoms with van der Waals surface area (Å²) in [7, 11) is 0. The van der Waals surface area contributed by atoms with E-state index in [9.17, 15) is 0 Å². The Bertz CT molecular complexity index is 2230. The third-order valence-corrected chi connectivity index (χ3v) is 7.19. The van der Waals surface area contributed by atoms with Crippen LogP contribution in [-0.4, -0.2) is 56.4 Å². The fraction of sp³-hybridized carbons (Fsp3) is 0. The van der Waals surface area contributed by atoms with Crippen LogP contribution in [0.15, 0.2) is 146 Å². The molecule has 18 nitrogen and oxygen atoms in total. The van der Waals surface area contributed by atoms with Crippen molar-refractivity contribution in [2.45, 2.75) is 0 Å². The van der Waals surface area contributed by atoms with Crippen LogP contribution < -0.4 is 26.2 Å². The second-order valence-corrected chi connectivity index (χ2v) is 10.7. The molecule has 0 saturated carbocycles. The Hall–Kier alpha value is -6.56. The summed E-state index contributed by atoms with van der Waals surface area (Å²) in [6.45, 7) is 0. The van der Waals surface area contributed by atoms with E-state index in [0.717, 1.165) is 66.5 Å². The first-order valence-electron chi connectivity index (χ1n) is 16.1. The Morgan fingerprint density at radius 3 is 1.07 bits per heavy atom. The van der Waals surface area contributed by atoms with Crippen LogP contribution in [0.1, 0.15) is 1.43 Å². The van der Waals surface area contributed by atoms with Crippen LogP contribution in [0.25, 0.3) is 66.0 Å². The molecule has 0 bridgehead atoms. The van der Waals surface area contributed by atoms with E-state index in [0.29, 0.717) is 0 Å². The molecule has 0 amide bonds. The maximum absolute atomic E-state index is 3.88. The molecule has 0 fully saturated rings. The van der Waals surface area contributed by atoms with Crippen LogP contribution in [0, 0.1) is 0 Å². The predicted octanol–water partition coefficient (Wildman–Crippen LogP) is 5.54. The smallest absolute Gasteiger partial charge is 0.639 e. The molecule has 5 aromatic heterocycles. The Labute approximate surface area is 356 Å². The summed E-state index contributed by atoms with van der Waals surface area (Å²) in [6.07, 6.45) is 0. The second kappa shape index (κ2) is 22.7. The Morgan fingerprint density at radius 2 is 0.702 bits per heavy atom. The van der Waals surface area contributed by atoms with E-state index in [1.54, 1.807) is 0 Å². The SMILES string of the molecule is [Cu+2].[Cu+2].[Cu].[H+].c1ccc2[n-]nnc2c1.c1ccc2[n-]nnc2c1.c1ccc2c(c1)[N-]N[N-]2.c1ccc2n[n-]nc2c1.c1ccc2n[n-]nc2c1.c1ccc2n[nH]nc2c1. The predicted molar refractivity (Wildman–Crippen MR) is 202 cm³/mol. The van der Waals surface area contributed by atoms with Gasteiger partial charge in [0.05, 0.1) is 22.1 Å². The van der Waals surface area contributed by atoms with Crippen LogP contribution in [0.5, 0.6) is 0 Å². The van der Waals surface area contributed by atoms with Crippen molar-refractivity contribution in [1.82, 2.24) is 82.6 Å². The maximum atomic E-state index is 3.88. The van der Waals surface area contributed by atoms with Gasteiger partial charge in [0.2, 0.25) is 0 Å². The van der Waals surface area contributed by atoms with E-state index >= 15 is 0 Å². The van der Waals surface area contributed by atoms with Gasteiger partial charge in [-0.05, 0) is 58.5 Å². The minimum atomic E-state index is 0. The largest absolute Gasteiger partial charge is 2.00 e. The van der Waals surface area contributed by atoms with Gasteiger partial charge < -0.3 is 67.6 Å². The van der Waals surface area contributed by atoms with Gasteiger partial charge in [0.25, 0.3) is 0 Å². The maximum Gasteiger partial charge on any atom is 2.00 e. The average Bonchev–Trinajstić information content (AvgIpc) is 4.09. The monoisotopic (exact) mass is 900 g/mol. The van der Waals surface area contributed by atoms with E-state index in [2.05, 4.69) is 93.4 Å². The van der Waals surface area contributed by atoms with Gasteiger partial charge in [-0.2, -0.15) is 15.4 Å². The molecule has 11 aromatic rings. The normalized spacial score (nSPS) is 10.2. The number of benzene rings is 6. The number of aromatic amines is 1. The van der Waals surface area contributed by atoms with Gasteiger partial charge in [0.1, 0.15) is 11.0 Å². The fourth-order valence-corrected chi connectivity index (χ4v) is 4.58. The molecule has 6 aromatic carbocycles. The van der Waals surface area contributed by atoms with E-state index in [1.807, 2.05) is 146 Å². The summed E-state index contributed by atoms with van der Waals surface area (Å²) >= 11 is 0. The molecule has 1 aliphatic heterocycles. The zero-order chi connectivity index (χ0) is 36.6. The molecular formula is C36H27Cu3N18-. The fourth-order valence-electron chi connectivity index (χ4n) is 4.58. The number of rotatable bonds is 0. The average molecular weight is 902 g/mol. The van der Waals surface area contributed by atoms with Gasteiger partial charge in [-0.3, -0.25) is 10.4 Å². The number of hydrogen-bond acceptors (Lipinski definition) is 11. The first-order chi connectivity index (χ1) is 26.8. The summed E-state index contributed by atoms with van der Waals surface area (Å²) in [5.41, 5.74) is 20.8. The quantitative estimate of drug-likeness (QED) is 0.178. The first kappa shape index (κ1) is 43.2. The number of hydrogen-bond donors (Lipinski definition) is 2. The number of nitrogens with one attached hydrogen (secondary N) is 2. The van der Waals surface area contributed by atoms with Crippen LogP contribution >= 0.6 is 0 Å². The van der Waals surface area contributed by atoms with Crippen molar-refractivity contribution in [3.8, 4) is 0 Å². The number of nitrogens with zero attached hydrogens (tertiary/aromatic N) is 16. The molecule has 21 heteroatoms. The molecule has 0 saturated heterocycles. The van der Waals surface area contributed by atoms with E-state index < -0.39 is 0 Å². The van der Waals surface area contributed by atoms with Gasteiger partial charge in [-0.15, -0.1) is 11.4 Å². The third kappa shape index (κ3) is 12.2. The summed E-state index contributed by atoms with van der Waals surface area (Å²) < 4.78 is 0. The molecular weight excluding hydrogens is 875 g/mol. The van der Waals surface area contributed by atoms with Crippen molar-refractivity contribution >= 4 is 66.5 Å². The van der Waals surface area contributed by atoms with E-state index in [1.165, 1.54) is 0 Å². The number of fused-ring (bicyclic) bond motifs is 6. The van der Waals surface area contributed by atoms with Gasteiger partial charge in [0.15, 0.2) is 0 Å². The summed E-state index contributed by atoms with van der Waals surface area (Å²) in [5.74, 6) is 0. The molecule has 6 heterocycles. The van der Waals surface area contributed by atoms with Gasteiger partial charge in [0, 0.05) is 17.1 Å². The Kier molecular flexibility index (Phi) is 17.2. The zero-order valence-corrected chi connectivity index (χ0v) is 31.7. The molecule has 0 atom stereocenters. The topological polar surface area (TPSA) is 241 Å². The van der Waals surface area contributed by atoms with Crippen molar-refractivity contribution in [3.05, 3.63) is 156 Å².